The minimum Gasteiger partial charge on any atom is -0.332 e. The lowest BCUT2D eigenvalue weighted by Crippen LogP contribution is -2.14. The second-order valence-electron chi connectivity index (χ2n) is 3.69. The lowest BCUT2D eigenvalue weighted by Gasteiger charge is -2.14. The van der Waals surface area contributed by atoms with E-state index in [9.17, 15) is 0 Å². The van der Waals surface area contributed by atoms with E-state index in [1.54, 1.807) is 17.8 Å². The van der Waals surface area contributed by atoms with Crippen LogP contribution in [0.25, 0.3) is 11.0 Å². The van der Waals surface area contributed by atoms with E-state index in [0.29, 0.717) is 21.1 Å². The largest absolute Gasteiger partial charge is 0.332 e. The number of benzene rings is 1. The van der Waals surface area contributed by atoms with E-state index in [0.717, 1.165) is 41.3 Å². The van der Waals surface area contributed by atoms with Crippen molar-refractivity contribution < 1.29 is 0 Å². The Labute approximate surface area is 122 Å². The molecule has 8 heteroatoms. The molecule has 1 N–H and O–H groups in total. The summed E-state index contributed by atoms with van der Waals surface area (Å²) in [5.41, 5.74) is 2.11. The third kappa shape index (κ3) is 2.30. The molecule has 0 bridgehead atoms. The topological polar surface area (TPSA) is 50.2 Å². The minimum absolute atomic E-state index is 0.521. The van der Waals surface area contributed by atoms with Gasteiger partial charge in [0.15, 0.2) is 5.17 Å². The zero-order valence-electron chi connectivity index (χ0n) is 9.11. The van der Waals surface area contributed by atoms with Crippen LogP contribution >= 0.6 is 46.7 Å². The van der Waals surface area contributed by atoms with Gasteiger partial charge < -0.3 is 5.32 Å². The Morgan fingerprint density at radius 1 is 1.17 bits per heavy atom. The van der Waals surface area contributed by atoms with Crippen LogP contribution in [0.5, 0.6) is 0 Å². The van der Waals surface area contributed by atoms with E-state index >= 15 is 0 Å². The summed E-state index contributed by atoms with van der Waals surface area (Å²) in [6.45, 7) is 0.846. The van der Waals surface area contributed by atoms with Crippen molar-refractivity contribution in [3.63, 3.8) is 0 Å². The number of fused-ring (bicyclic) bond motifs is 1. The van der Waals surface area contributed by atoms with Gasteiger partial charge in [-0.15, -0.1) is 0 Å². The maximum atomic E-state index is 6.21. The average molecular weight is 319 g/mol. The van der Waals surface area contributed by atoms with Crippen molar-refractivity contribution in [2.75, 3.05) is 17.6 Å². The number of aromatic nitrogens is 2. The highest BCUT2D eigenvalue weighted by Gasteiger charge is 2.16. The molecule has 0 atom stereocenters. The summed E-state index contributed by atoms with van der Waals surface area (Å²) in [4.78, 5) is 4.41. The summed E-state index contributed by atoms with van der Waals surface area (Å²) in [5, 5.41) is 5.16. The first kappa shape index (κ1) is 12.5. The third-order valence-corrected chi connectivity index (χ3v) is 4.58. The smallest absolute Gasteiger partial charge is 0.161 e. The molecule has 2 aromatic rings. The Bertz CT molecular complexity index is 626. The summed E-state index contributed by atoms with van der Waals surface area (Å²) < 4.78 is 8.41. The summed E-state index contributed by atoms with van der Waals surface area (Å²) >= 11 is 15.1. The maximum absolute atomic E-state index is 6.21. The van der Waals surface area contributed by atoms with Crippen molar-refractivity contribution in [3.8, 4) is 0 Å². The van der Waals surface area contributed by atoms with Gasteiger partial charge in [-0.05, 0) is 12.5 Å². The van der Waals surface area contributed by atoms with Gasteiger partial charge in [0.25, 0.3) is 0 Å². The second kappa shape index (κ2) is 5.21. The van der Waals surface area contributed by atoms with Gasteiger partial charge in [-0.25, -0.2) is 0 Å². The highest BCUT2D eigenvalue weighted by Crippen LogP contribution is 2.35. The Balaban J connectivity index is 2.05. The van der Waals surface area contributed by atoms with E-state index in [2.05, 4.69) is 19.1 Å². The standard InChI is InChI=1S/C10H8Cl2N4S2/c11-5-4-6(12)8-9(16-18-15-8)7(5)14-10-13-2-1-3-17-10/h4H,1-3H2,(H,13,14). The van der Waals surface area contributed by atoms with E-state index in [4.69, 9.17) is 23.2 Å². The molecule has 0 fully saturated rings. The quantitative estimate of drug-likeness (QED) is 0.866. The highest BCUT2D eigenvalue weighted by molar-refractivity contribution is 8.14. The molecule has 0 saturated carbocycles. The molecule has 0 unspecified atom stereocenters. The molecule has 0 amide bonds. The number of anilines is 1. The van der Waals surface area contributed by atoms with Crippen molar-refractivity contribution in [1.82, 2.24) is 8.75 Å². The number of aliphatic imine (C=N–C) groups is 1. The Hall–Kier alpha value is -0.560. The van der Waals surface area contributed by atoms with E-state index in [1.165, 1.54) is 0 Å². The molecule has 1 aliphatic rings. The Morgan fingerprint density at radius 2 is 2.00 bits per heavy atom. The number of hydrogen-bond acceptors (Lipinski definition) is 6. The van der Waals surface area contributed by atoms with E-state index in [1.807, 2.05) is 0 Å². The number of nitrogens with one attached hydrogen (secondary N) is 1. The van der Waals surface area contributed by atoms with E-state index in [-0.39, 0.29) is 0 Å². The fourth-order valence-electron chi connectivity index (χ4n) is 1.64. The molecule has 2 heterocycles. The predicted molar refractivity (Wildman–Crippen MR) is 80.4 cm³/mol. The predicted octanol–water partition coefficient (Wildman–Crippen LogP) is 3.90. The number of amidine groups is 1. The maximum Gasteiger partial charge on any atom is 0.161 e. The van der Waals surface area contributed by atoms with Gasteiger partial charge in [0.2, 0.25) is 0 Å². The summed E-state index contributed by atoms with van der Waals surface area (Å²) in [5.74, 6) is 1.06. The molecule has 0 radical (unpaired) electrons. The van der Waals surface area contributed by atoms with E-state index < -0.39 is 0 Å². The number of rotatable bonds is 1. The average Bonchev–Trinajstić information content (AvgIpc) is 2.85. The van der Waals surface area contributed by atoms with Gasteiger partial charge in [-0.2, -0.15) is 8.75 Å². The lowest BCUT2D eigenvalue weighted by atomic mass is 10.2. The minimum atomic E-state index is 0.521. The van der Waals surface area contributed by atoms with Gasteiger partial charge in [-0.3, -0.25) is 4.99 Å². The van der Waals surface area contributed by atoms with Gasteiger partial charge >= 0.3 is 0 Å². The normalized spacial score (nSPS) is 15.8. The summed E-state index contributed by atoms with van der Waals surface area (Å²) in [6.07, 6.45) is 1.11. The molecule has 1 aliphatic heterocycles. The first-order valence-electron chi connectivity index (χ1n) is 5.30. The Morgan fingerprint density at radius 3 is 2.78 bits per heavy atom. The van der Waals surface area contributed by atoms with Crippen molar-refractivity contribution >= 4 is 68.6 Å². The van der Waals surface area contributed by atoms with Crippen molar-refractivity contribution in [1.29, 1.82) is 0 Å². The first-order chi connectivity index (χ1) is 8.75. The number of thioether (sulfide) groups is 1. The number of hydrogen-bond donors (Lipinski definition) is 1. The fraction of sp³-hybridized carbons (Fsp3) is 0.300. The van der Waals surface area contributed by atoms with Crippen LogP contribution in [0, 0.1) is 0 Å². The molecule has 0 saturated heterocycles. The molecule has 1 aromatic carbocycles. The van der Waals surface area contributed by atoms with Gasteiger partial charge in [0.1, 0.15) is 11.0 Å². The zero-order valence-corrected chi connectivity index (χ0v) is 12.3. The van der Waals surface area contributed by atoms with Crippen molar-refractivity contribution in [2.24, 2.45) is 4.99 Å². The SMILES string of the molecule is Clc1cc(Cl)c2nsnc2c1NC1=NCCCS1. The second-order valence-corrected chi connectivity index (χ2v) is 6.12. The van der Waals surface area contributed by atoms with Crippen LogP contribution in [0.2, 0.25) is 10.0 Å². The monoisotopic (exact) mass is 318 g/mol. The molecule has 94 valence electrons. The molecule has 1 aromatic heterocycles. The third-order valence-electron chi connectivity index (χ3n) is 2.47. The van der Waals surface area contributed by atoms with Crippen LogP contribution in [-0.2, 0) is 0 Å². The molecule has 18 heavy (non-hydrogen) atoms. The molecule has 0 spiro atoms. The highest BCUT2D eigenvalue weighted by atomic mass is 35.5. The van der Waals surface area contributed by atoms with Gasteiger partial charge in [0, 0.05) is 12.3 Å². The molecule has 0 aliphatic carbocycles. The number of halogens is 2. The number of nitrogens with zero attached hydrogens (tertiary/aromatic N) is 3. The molecule has 3 rings (SSSR count). The Kier molecular flexibility index (Phi) is 3.61. The van der Waals surface area contributed by atoms with Gasteiger partial charge in [-0.1, -0.05) is 35.0 Å². The van der Waals surface area contributed by atoms with Crippen LogP contribution in [0.15, 0.2) is 11.1 Å². The summed E-state index contributed by atoms with van der Waals surface area (Å²) in [7, 11) is 0. The van der Waals surface area contributed by atoms with Crippen LogP contribution in [0.3, 0.4) is 0 Å². The van der Waals surface area contributed by atoms with Gasteiger partial charge in [0.05, 0.1) is 27.5 Å². The first-order valence-corrected chi connectivity index (χ1v) is 7.77. The summed E-state index contributed by atoms with van der Waals surface area (Å²) in [6, 6.07) is 1.68. The zero-order chi connectivity index (χ0) is 12.5. The van der Waals surface area contributed by atoms with Crippen LogP contribution in [0.4, 0.5) is 5.69 Å². The molecule has 4 nitrogen and oxygen atoms in total. The van der Waals surface area contributed by atoms with Crippen LogP contribution < -0.4 is 5.32 Å². The molecular weight excluding hydrogens is 311 g/mol. The van der Waals surface area contributed by atoms with Crippen LogP contribution in [0.1, 0.15) is 6.42 Å². The fourth-order valence-corrected chi connectivity index (χ4v) is 3.62. The lowest BCUT2D eigenvalue weighted by molar-refractivity contribution is 0.938. The van der Waals surface area contributed by atoms with Crippen molar-refractivity contribution in [3.05, 3.63) is 16.1 Å². The molecular formula is C10H8Cl2N4S2. The van der Waals surface area contributed by atoms with Crippen LogP contribution in [-0.4, -0.2) is 26.2 Å². The van der Waals surface area contributed by atoms with Crippen molar-refractivity contribution in [2.45, 2.75) is 6.42 Å².